The summed E-state index contributed by atoms with van der Waals surface area (Å²) >= 11 is -3.76. The molecule has 0 aromatic heterocycles. The van der Waals surface area contributed by atoms with Gasteiger partial charge >= 0.3 is 22.7 Å². The van der Waals surface area contributed by atoms with Crippen molar-refractivity contribution in [2.75, 3.05) is 0 Å². The zero-order valence-electron chi connectivity index (χ0n) is 8.47. The lowest BCUT2D eigenvalue weighted by Crippen LogP contribution is -2.04. The van der Waals surface area contributed by atoms with E-state index in [2.05, 4.69) is 18.9 Å². The molecule has 18 heavy (non-hydrogen) atoms. The summed E-state index contributed by atoms with van der Waals surface area (Å²) in [6.07, 6.45) is 0. The summed E-state index contributed by atoms with van der Waals surface area (Å²) in [5.74, 6) is 0.239. The summed E-state index contributed by atoms with van der Waals surface area (Å²) in [6.45, 7) is 0. The largest absolute Gasteiger partial charge is 0.441 e. The van der Waals surface area contributed by atoms with Crippen LogP contribution in [-0.2, 0) is 39.7 Å². The third kappa shape index (κ3) is 2.07. The molecule has 0 radical (unpaired) electrons. The van der Waals surface area contributed by atoms with Gasteiger partial charge in [0, 0.05) is 11.1 Å². The van der Waals surface area contributed by atoms with E-state index in [1.165, 1.54) is 0 Å². The first kappa shape index (κ1) is 11.2. The van der Waals surface area contributed by atoms with Gasteiger partial charge in [-0.25, -0.2) is 0 Å². The summed E-state index contributed by atoms with van der Waals surface area (Å²) < 4.78 is 40.0. The highest BCUT2D eigenvalue weighted by molar-refractivity contribution is 7.76. The first-order valence-corrected chi connectivity index (χ1v) is 6.54. The Morgan fingerprint density at radius 2 is 1.17 bits per heavy atom. The van der Waals surface area contributed by atoms with Gasteiger partial charge in [0.1, 0.15) is 0 Å². The molecule has 0 saturated heterocycles. The smallest absolute Gasteiger partial charge is 0.345 e. The van der Waals surface area contributed by atoms with Gasteiger partial charge in [-0.1, -0.05) is 0 Å². The Morgan fingerprint density at radius 1 is 0.778 bits per heavy atom. The quantitative estimate of drug-likeness (QED) is 0.774. The molecule has 8 nitrogen and oxygen atoms in total. The van der Waals surface area contributed by atoms with Gasteiger partial charge in [-0.05, 0) is 34.6 Å². The van der Waals surface area contributed by atoms with E-state index in [0.717, 1.165) is 0 Å². The summed E-state index contributed by atoms with van der Waals surface area (Å²) in [6, 6.07) is 6.53. The number of benzene rings is 1. The second kappa shape index (κ2) is 4.38. The molecule has 0 aliphatic carbocycles. The van der Waals surface area contributed by atoms with Crippen LogP contribution >= 0.6 is 0 Å². The van der Waals surface area contributed by atoms with Gasteiger partial charge in [0.25, 0.3) is 11.8 Å². The molecular weight excluding hydrogens is 284 g/mol. The Hall–Kier alpha value is -1.94. The molecule has 10 heteroatoms. The molecule has 0 fully saturated rings. The maximum absolute atomic E-state index is 10.8. The first-order valence-electron chi connectivity index (χ1n) is 4.54. The van der Waals surface area contributed by atoms with E-state index in [1.807, 2.05) is 0 Å². The third-order valence-corrected chi connectivity index (χ3v) is 3.02. The van der Waals surface area contributed by atoms with Gasteiger partial charge in [-0.15, -0.1) is 0 Å². The average molecular weight is 288 g/mol. The second-order valence-electron chi connectivity index (χ2n) is 3.09. The molecule has 2 heterocycles. The second-order valence-corrected chi connectivity index (χ2v) is 4.54. The predicted molar refractivity (Wildman–Crippen MR) is 60.1 cm³/mol. The molecule has 2 aliphatic heterocycles. The van der Waals surface area contributed by atoms with Crippen LogP contribution < -0.4 is 0 Å². The molecule has 2 aliphatic rings. The van der Waals surface area contributed by atoms with E-state index in [9.17, 15) is 8.42 Å². The van der Waals surface area contributed by atoms with Crippen LogP contribution in [0, 0.1) is 0 Å². The van der Waals surface area contributed by atoms with E-state index < -0.39 is 22.7 Å². The monoisotopic (exact) mass is 288 g/mol. The predicted octanol–water partition coefficient (Wildman–Crippen LogP) is 0.261. The fourth-order valence-electron chi connectivity index (χ4n) is 1.28. The molecule has 0 spiro atoms. The summed E-state index contributed by atoms with van der Waals surface area (Å²) in [5, 5.41) is 6.97. The molecule has 0 amide bonds. The zero-order chi connectivity index (χ0) is 12.5. The highest BCUT2D eigenvalue weighted by Crippen LogP contribution is 2.16. The van der Waals surface area contributed by atoms with E-state index in [-0.39, 0.29) is 11.8 Å². The zero-order valence-corrected chi connectivity index (χ0v) is 10.1. The third-order valence-electron chi connectivity index (χ3n) is 2.03. The van der Waals surface area contributed by atoms with E-state index in [0.29, 0.717) is 11.1 Å². The Morgan fingerprint density at radius 3 is 1.44 bits per heavy atom. The Balaban J connectivity index is 1.81. The number of hydrogen-bond acceptors (Lipinski definition) is 8. The van der Waals surface area contributed by atoms with Crippen LogP contribution in [0.15, 0.2) is 34.6 Å². The van der Waals surface area contributed by atoms with Crippen LogP contribution in [-0.4, -0.2) is 20.2 Å². The molecule has 2 atom stereocenters. The van der Waals surface area contributed by atoms with Crippen LogP contribution in [0.1, 0.15) is 11.1 Å². The highest BCUT2D eigenvalue weighted by atomic mass is 32.2. The Bertz CT molecular complexity index is 543. The van der Waals surface area contributed by atoms with Gasteiger partial charge in [0.2, 0.25) is 0 Å². The van der Waals surface area contributed by atoms with Crippen molar-refractivity contribution in [1.82, 2.24) is 0 Å². The van der Waals surface area contributed by atoms with Crippen LogP contribution in [0.25, 0.3) is 0 Å². The molecule has 0 N–H and O–H groups in total. The van der Waals surface area contributed by atoms with Crippen LogP contribution in [0.3, 0.4) is 0 Å². The topological polar surface area (TPSA) is 95.8 Å². The van der Waals surface area contributed by atoms with Crippen LogP contribution in [0.4, 0.5) is 0 Å². The molecule has 1 aromatic rings. The lowest BCUT2D eigenvalue weighted by Gasteiger charge is -1.99. The minimum Gasteiger partial charge on any atom is -0.345 e. The van der Waals surface area contributed by atoms with Crippen molar-refractivity contribution in [3.05, 3.63) is 35.4 Å². The average Bonchev–Trinajstić information content (AvgIpc) is 2.98. The van der Waals surface area contributed by atoms with E-state index in [1.54, 1.807) is 24.3 Å². The van der Waals surface area contributed by atoms with Crippen LogP contribution in [0.5, 0.6) is 0 Å². The standard InChI is InChI=1S/C8H4N2O6S2/c11-17-13-7(9-15-17)5-1-2-6(4-3-5)8-10-16-18(12)14-8/h1-4H. The molecular formula is C8H4N2O6S2. The fraction of sp³-hybridized carbons (Fsp3) is 0. The number of hydrogen-bond donors (Lipinski definition) is 0. The fourth-order valence-corrected chi connectivity index (χ4v) is 2.10. The Labute approximate surface area is 106 Å². The van der Waals surface area contributed by atoms with E-state index >= 15 is 0 Å². The van der Waals surface area contributed by atoms with Gasteiger partial charge in [-0.3, -0.25) is 8.57 Å². The highest BCUT2D eigenvalue weighted by Gasteiger charge is 2.22. The van der Waals surface area contributed by atoms with Gasteiger partial charge in [-0.2, -0.15) is 8.42 Å². The summed E-state index contributed by atoms with van der Waals surface area (Å²) in [7, 11) is 0. The number of nitrogens with zero attached hydrogens (tertiary/aromatic N) is 2. The summed E-state index contributed by atoms with van der Waals surface area (Å²) in [5.41, 5.74) is 1.15. The number of rotatable bonds is 2. The van der Waals surface area contributed by atoms with E-state index in [4.69, 9.17) is 8.37 Å². The van der Waals surface area contributed by atoms with Crippen molar-refractivity contribution in [2.24, 2.45) is 10.3 Å². The minimum absolute atomic E-state index is 0.119. The van der Waals surface area contributed by atoms with Gasteiger partial charge in [0.05, 0.1) is 0 Å². The van der Waals surface area contributed by atoms with Crippen molar-refractivity contribution in [2.45, 2.75) is 0 Å². The maximum atomic E-state index is 10.8. The minimum atomic E-state index is -1.88. The number of oxime groups is 2. The molecule has 3 rings (SSSR count). The van der Waals surface area contributed by atoms with Crippen molar-refractivity contribution in [1.29, 1.82) is 0 Å². The van der Waals surface area contributed by atoms with Crippen molar-refractivity contribution in [3.8, 4) is 0 Å². The van der Waals surface area contributed by atoms with Crippen LogP contribution in [0.2, 0.25) is 0 Å². The van der Waals surface area contributed by atoms with Gasteiger partial charge < -0.3 is 8.37 Å². The normalized spacial score (nSPS) is 25.3. The maximum Gasteiger partial charge on any atom is 0.441 e. The summed E-state index contributed by atoms with van der Waals surface area (Å²) in [4.78, 5) is 0. The van der Waals surface area contributed by atoms with Gasteiger partial charge in [0.15, 0.2) is 0 Å². The van der Waals surface area contributed by atoms with Crippen molar-refractivity contribution < 1.29 is 25.4 Å². The molecule has 0 bridgehead atoms. The lowest BCUT2D eigenvalue weighted by molar-refractivity contribution is 0.370. The molecule has 94 valence electrons. The lowest BCUT2D eigenvalue weighted by atomic mass is 10.1. The molecule has 2 unspecified atom stereocenters. The molecule has 1 aromatic carbocycles. The Kier molecular flexibility index (Phi) is 2.72. The molecule has 0 saturated carbocycles. The SMILES string of the molecule is O=S1ON=C(c2ccc(C3=NOS(=O)O3)cc2)O1. The van der Waals surface area contributed by atoms with Crippen molar-refractivity contribution >= 4 is 34.5 Å². The van der Waals surface area contributed by atoms with Crippen molar-refractivity contribution in [3.63, 3.8) is 0 Å². The first-order chi connectivity index (χ1) is 8.72.